The number of carbonyl (C=O) groups excluding carboxylic acids is 1. The summed E-state index contributed by atoms with van der Waals surface area (Å²) in [6.07, 6.45) is 4.80. The molecular formula is C23H33N5O. The number of aromatic nitrogens is 2. The molecule has 156 valence electrons. The largest absolute Gasteiger partial charge is 0.369 e. The van der Waals surface area contributed by atoms with E-state index in [2.05, 4.69) is 51.0 Å². The average Bonchev–Trinajstić information content (AvgIpc) is 3.18. The molecule has 2 aliphatic rings. The van der Waals surface area contributed by atoms with Gasteiger partial charge in [-0.15, -0.1) is 0 Å². The van der Waals surface area contributed by atoms with E-state index in [0.717, 1.165) is 51.4 Å². The number of hydrogen-bond donors (Lipinski definition) is 0. The normalized spacial score (nSPS) is 20.8. The van der Waals surface area contributed by atoms with Gasteiger partial charge in [0.05, 0.1) is 5.69 Å². The summed E-state index contributed by atoms with van der Waals surface area (Å²) >= 11 is 0. The van der Waals surface area contributed by atoms with Crippen molar-refractivity contribution in [2.45, 2.75) is 45.7 Å². The van der Waals surface area contributed by atoms with Gasteiger partial charge >= 0.3 is 0 Å². The van der Waals surface area contributed by atoms with Crippen LogP contribution in [0.3, 0.4) is 0 Å². The van der Waals surface area contributed by atoms with Crippen LogP contribution in [0.15, 0.2) is 36.5 Å². The molecule has 6 nitrogen and oxygen atoms in total. The number of likely N-dealkylation sites (tertiary alicyclic amines) is 1. The summed E-state index contributed by atoms with van der Waals surface area (Å²) in [7, 11) is 0. The number of anilines is 1. The number of carbonyl (C=O) groups is 1. The highest BCUT2D eigenvalue weighted by molar-refractivity contribution is 5.76. The number of piperazine rings is 1. The van der Waals surface area contributed by atoms with E-state index >= 15 is 0 Å². The van der Waals surface area contributed by atoms with E-state index < -0.39 is 0 Å². The van der Waals surface area contributed by atoms with Crippen LogP contribution in [0.1, 0.15) is 30.5 Å². The molecule has 0 saturated carbocycles. The molecule has 29 heavy (non-hydrogen) atoms. The Kier molecular flexibility index (Phi) is 6.19. The SMILES string of the molecule is Cc1ccn(CCC(=O)N2CCC[C@@H](N3CCN(c4ccccc4C)CC3)C2)n1. The minimum Gasteiger partial charge on any atom is -0.369 e. The van der Waals surface area contributed by atoms with Crippen molar-refractivity contribution in [1.82, 2.24) is 19.6 Å². The predicted molar refractivity (Wildman–Crippen MR) is 116 cm³/mol. The third-order valence-electron chi connectivity index (χ3n) is 6.36. The van der Waals surface area contributed by atoms with E-state index in [1.54, 1.807) is 0 Å². The molecule has 2 aliphatic heterocycles. The molecule has 2 saturated heterocycles. The lowest BCUT2D eigenvalue weighted by atomic mass is 10.0. The second-order valence-electron chi connectivity index (χ2n) is 8.42. The van der Waals surface area contributed by atoms with Crippen molar-refractivity contribution in [3.05, 3.63) is 47.8 Å². The predicted octanol–water partition coefficient (Wildman–Crippen LogP) is 2.70. The van der Waals surface area contributed by atoms with Crippen LogP contribution < -0.4 is 4.90 Å². The fourth-order valence-corrected chi connectivity index (χ4v) is 4.68. The molecule has 1 atom stereocenters. The molecule has 3 heterocycles. The molecule has 1 aromatic carbocycles. The number of hydrogen-bond acceptors (Lipinski definition) is 4. The van der Waals surface area contributed by atoms with Gasteiger partial charge in [0.15, 0.2) is 0 Å². The maximum absolute atomic E-state index is 12.7. The summed E-state index contributed by atoms with van der Waals surface area (Å²) in [4.78, 5) is 19.9. The van der Waals surface area contributed by atoms with Crippen LogP contribution in [0.4, 0.5) is 5.69 Å². The quantitative estimate of drug-likeness (QED) is 0.781. The van der Waals surface area contributed by atoms with Gasteiger partial charge in [0, 0.05) is 70.2 Å². The zero-order valence-corrected chi connectivity index (χ0v) is 17.8. The summed E-state index contributed by atoms with van der Waals surface area (Å²) < 4.78 is 1.87. The van der Waals surface area contributed by atoms with Crippen LogP contribution in [-0.4, -0.2) is 70.8 Å². The zero-order chi connectivity index (χ0) is 20.2. The molecule has 0 aliphatic carbocycles. The lowest BCUT2D eigenvalue weighted by molar-refractivity contribution is -0.133. The molecule has 4 rings (SSSR count). The molecule has 2 fully saturated rings. The first-order chi connectivity index (χ1) is 14.1. The van der Waals surface area contributed by atoms with E-state index in [0.29, 0.717) is 19.0 Å². The Labute approximate surface area is 174 Å². The van der Waals surface area contributed by atoms with Gasteiger partial charge in [-0.1, -0.05) is 18.2 Å². The minimum atomic E-state index is 0.265. The molecule has 1 aromatic heterocycles. The van der Waals surface area contributed by atoms with Crippen LogP contribution in [0.2, 0.25) is 0 Å². The van der Waals surface area contributed by atoms with Gasteiger partial charge in [0.2, 0.25) is 5.91 Å². The molecule has 0 N–H and O–H groups in total. The highest BCUT2D eigenvalue weighted by Gasteiger charge is 2.30. The Hall–Kier alpha value is -2.34. The van der Waals surface area contributed by atoms with Crippen molar-refractivity contribution in [3.8, 4) is 0 Å². The number of piperidine rings is 1. The Morgan fingerprint density at radius 2 is 1.86 bits per heavy atom. The molecule has 1 amide bonds. The average molecular weight is 396 g/mol. The number of nitrogens with zero attached hydrogens (tertiary/aromatic N) is 5. The zero-order valence-electron chi connectivity index (χ0n) is 17.8. The van der Waals surface area contributed by atoms with Gasteiger partial charge in [-0.25, -0.2) is 0 Å². The highest BCUT2D eigenvalue weighted by atomic mass is 16.2. The lowest BCUT2D eigenvalue weighted by Crippen LogP contribution is -2.56. The van der Waals surface area contributed by atoms with Crippen LogP contribution in [0, 0.1) is 13.8 Å². The monoisotopic (exact) mass is 395 g/mol. The van der Waals surface area contributed by atoms with Gasteiger partial charge in [-0.2, -0.15) is 5.10 Å². The molecule has 0 bridgehead atoms. The molecule has 0 spiro atoms. The Bertz CT molecular complexity index is 824. The van der Waals surface area contributed by atoms with Crippen LogP contribution in [0.5, 0.6) is 0 Å². The summed E-state index contributed by atoms with van der Waals surface area (Å²) in [6, 6.07) is 11.1. The number of benzene rings is 1. The van der Waals surface area contributed by atoms with Crippen molar-refractivity contribution in [3.63, 3.8) is 0 Å². The van der Waals surface area contributed by atoms with Gasteiger partial charge in [0.1, 0.15) is 0 Å². The van der Waals surface area contributed by atoms with E-state index in [1.165, 1.54) is 17.7 Å². The van der Waals surface area contributed by atoms with Crippen LogP contribution >= 0.6 is 0 Å². The number of amides is 1. The summed E-state index contributed by atoms with van der Waals surface area (Å²) in [5.74, 6) is 0.265. The van der Waals surface area contributed by atoms with Gasteiger partial charge in [-0.3, -0.25) is 14.4 Å². The standard InChI is InChI=1S/C23H33N5O/c1-19-6-3-4-8-22(19)26-16-14-25(15-17-26)21-7-5-11-27(18-21)23(29)10-13-28-12-9-20(2)24-28/h3-4,6,8-9,12,21H,5,7,10-11,13-18H2,1-2H3/t21-/m1/s1. The summed E-state index contributed by atoms with van der Waals surface area (Å²) in [5, 5.41) is 4.39. The van der Waals surface area contributed by atoms with Crippen LogP contribution in [-0.2, 0) is 11.3 Å². The van der Waals surface area contributed by atoms with Crippen LogP contribution in [0.25, 0.3) is 0 Å². The van der Waals surface area contributed by atoms with Crippen molar-refractivity contribution < 1.29 is 4.79 Å². The molecule has 0 unspecified atom stereocenters. The second-order valence-corrected chi connectivity index (χ2v) is 8.42. The Morgan fingerprint density at radius 3 is 2.59 bits per heavy atom. The molecular weight excluding hydrogens is 362 g/mol. The molecule has 0 radical (unpaired) electrons. The van der Waals surface area contributed by atoms with E-state index in [4.69, 9.17) is 0 Å². The Balaban J connectivity index is 1.27. The number of para-hydroxylation sites is 1. The topological polar surface area (TPSA) is 44.6 Å². The van der Waals surface area contributed by atoms with Crippen molar-refractivity contribution in [1.29, 1.82) is 0 Å². The Morgan fingerprint density at radius 1 is 1.07 bits per heavy atom. The molecule has 2 aromatic rings. The summed E-state index contributed by atoms with van der Waals surface area (Å²) in [6.45, 7) is 10.9. The maximum atomic E-state index is 12.7. The smallest absolute Gasteiger partial charge is 0.224 e. The second kappa shape index (κ2) is 8.99. The first-order valence-electron chi connectivity index (χ1n) is 10.9. The van der Waals surface area contributed by atoms with Crippen molar-refractivity contribution >= 4 is 11.6 Å². The van der Waals surface area contributed by atoms with Crippen molar-refractivity contribution in [2.75, 3.05) is 44.2 Å². The molecule has 6 heteroatoms. The third-order valence-corrected chi connectivity index (χ3v) is 6.36. The fraction of sp³-hybridized carbons (Fsp3) is 0.565. The fourth-order valence-electron chi connectivity index (χ4n) is 4.68. The number of aryl methyl sites for hydroxylation is 3. The number of rotatable bonds is 5. The first-order valence-corrected chi connectivity index (χ1v) is 10.9. The van der Waals surface area contributed by atoms with Crippen molar-refractivity contribution in [2.24, 2.45) is 0 Å². The van der Waals surface area contributed by atoms with Gasteiger partial charge in [0.25, 0.3) is 0 Å². The van der Waals surface area contributed by atoms with Gasteiger partial charge in [-0.05, 0) is 44.4 Å². The first kappa shape index (κ1) is 20.0. The maximum Gasteiger partial charge on any atom is 0.224 e. The third kappa shape index (κ3) is 4.81. The van der Waals surface area contributed by atoms with E-state index in [1.807, 2.05) is 23.9 Å². The summed E-state index contributed by atoms with van der Waals surface area (Å²) in [5.41, 5.74) is 3.71. The highest BCUT2D eigenvalue weighted by Crippen LogP contribution is 2.23. The van der Waals surface area contributed by atoms with E-state index in [9.17, 15) is 4.79 Å². The van der Waals surface area contributed by atoms with Gasteiger partial charge < -0.3 is 9.80 Å². The van der Waals surface area contributed by atoms with E-state index in [-0.39, 0.29) is 5.91 Å². The lowest BCUT2D eigenvalue weighted by Gasteiger charge is -2.44. The minimum absolute atomic E-state index is 0.265.